The molecule has 1 saturated heterocycles. The smallest absolute Gasteiger partial charge is 0.374 e. The Morgan fingerprint density at radius 2 is 1.86 bits per heavy atom. The summed E-state index contributed by atoms with van der Waals surface area (Å²) in [5.74, 6) is 1.01. The van der Waals surface area contributed by atoms with Crippen molar-refractivity contribution in [2.24, 2.45) is 0 Å². The van der Waals surface area contributed by atoms with Gasteiger partial charge in [0.05, 0.1) is 5.56 Å². The lowest BCUT2D eigenvalue weighted by Gasteiger charge is -2.36. The van der Waals surface area contributed by atoms with Gasteiger partial charge < -0.3 is 10.6 Å². The minimum absolute atomic E-state index is 0.506. The molecule has 0 bridgehead atoms. The van der Waals surface area contributed by atoms with Crippen molar-refractivity contribution < 1.29 is 13.2 Å². The van der Waals surface area contributed by atoms with Crippen LogP contribution in [0.5, 0.6) is 0 Å². The van der Waals surface area contributed by atoms with Gasteiger partial charge in [0.2, 0.25) is 5.13 Å². The fraction of sp³-hybridized carbons (Fsp3) is 0.556. The van der Waals surface area contributed by atoms with Crippen LogP contribution in [0.3, 0.4) is 0 Å². The molecule has 1 fully saturated rings. The summed E-state index contributed by atoms with van der Waals surface area (Å²) in [5.41, 5.74) is 5.63. The monoisotopic (exact) mass is 431 g/mol. The van der Waals surface area contributed by atoms with Gasteiger partial charge >= 0.3 is 6.18 Å². The first-order chi connectivity index (χ1) is 13.4. The lowest BCUT2D eigenvalue weighted by atomic mass is 10.1. The summed E-state index contributed by atoms with van der Waals surface area (Å²) in [6.45, 7) is 4.32. The second kappa shape index (κ2) is 9.80. The van der Waals surface area contributed by atoms with Crippen molar-refractivity contribution >= 4 is 33.9 Å². The molecule has 0 amide bonds. The van der Waals surface area contributed by atoms with Gasteiger partial charge in [-0.2, -0.15) is 13.2 Å². The topological polar surface area (TPSA) is 58.3 Å². The Morgan fingerprint density at radius 3 is 2.54 bits per heavy atom. The zero-order valence-corrected chi connectivity index (χ0v) is 17.1. The molecule has 0 spiro atoms. The molecular weight excluding hydrogens is 407 g/mol. The minimum Gasteiger partial charge on any atom is -0.374 e. The van der Waals surface area contributed by atoms with E-state index in [1.165, 1.54) is 23.5 Å². The molecule has 0 saturated carbocycles. The van der Waals surface area contributed by atoms with Gasteiger partial charge in [0.1, 0.15) is 0 Å². The maximum Gasteiger partial charge on any atom is 0.416 e. The Kier molecular flexibility index (Phi) is 7.42. The fourth-order valence-electron chi connectivity index (χ4n) is 3.16. The van der Waals surface area contributed by atoms with E-state index in [-0.39, 0.29) is 0 Å². The van der Waals surface area contributed by atoms with Gasteiger partial charge in [0.25, 0.3) is 0 Å². The molecule has 2 aromatic rings. The lowest BCUT2D eigenvalue weighted by molar-refractivity contribution is -0.137. The van der Waals surface area contributed by atoms with Crippen molar-refractivity contribution in [3.05, 3.63) is 29.8 Å². The number of nitrogen functional groups attached to an aromatic ring is 1. The van der Waals surface area contributed by atoms with Crippen molar-refractivity contribution in [1.82, 2.24) is 15.1 Å². The molecule has 1 aliphatic heterocycles. The van der Waals surface area contributed by atoms with Gasteiger partial charge in [-0.15, -0.1) is 10.2 Å². The first-order valence-electron chi connectivity index (χ1n) is 9.28. The molecule has 28 heavy (non-hydrogen) atoms. The van der Waals surface area contributed by atoms with Crippen LogP contribution in [0.25, 0.3) is 0 Å². The molecule has 0 aliphatic carbocycles. The van der Waals surface area contributed by atoms with E-state index in [9.17, 15) is 13.2 Å². The molecule has 2 N–H and O–H groups in total. The van der Waals surface area contributed by atoms with Gasteiger partial charge in [-0.1, -0.05) is 35.6 Å². The summed E-state index contributed by atoms with van der Waals surface area (Å²) < 4.78 is 39.6. The Balaban J connectivity index is 1.32. The molecule has 1 aromatic heterocycles. The summed E-state index contributed by atoms with van der Waals surface area (Å²) in [5, 5.41) is 8.29. The van der Waals surface area contributed by atoms with E-state index in [0.29, 0.717) is 10.8 Å². The van der Waals surface area contributed by atoms with Crippen molar-refractivity contribution in [3.63, 3.8) is 0 Å². The number of nitrogens with two attached hydrogens (primary N) is 1. The van der Waals surface area contributed by atoms with E-state index in [0.717, 1.165) is 68.1 Å². The maximum atomic E-state index is 12.9. The first-order valence-corrected chi connectivity index (χ1v) is 11.1. The van der Waals surface area contributed by atoms with Crippen molar-refractivity contribution in [1.29, 1.82) is 0 Å². The number of unbranched alkanes of at least 4 members (excludes halogenated alkanes) is 2. The molecule has 2 heterocycles. The van der Waals surface area contributed by atoms with E-state index < -0.39 is 11.7 Å². The molecule has 0 radical (unpaired) electrons. The van der Waals surface area contributed by atoms with E-state index in [1.807, 2.05) is 4.90 Å². The Labute approximate surface area is 171 Å². The Morgan fingerprint density at radius 1 is 1.07 bits per heavy atom. The number of aromatic nitrogens is 2. The lowest BCUT2D eigenvalue weighted by Crippen LogP contribution is -2.46. The van der Waals surface area contributed by atoms with Crippen molar-refractivity contribution in [3.8, 4) is 0 Å². The Bertz CT molecular complexity index is 745. The fourth-order valence-corrected chi connectivity index (χ4v) is 4.87. The maximum absolute atomic E-state index is 12.9. The highest BCUT2D eigenvalue weighted by Gasteiger charge is 2.31. The zero-order valence-electron chi connectivity index (χ0n) is 15.5. The standard InChI is InChI=1S/C18H24F3N5S2/c19-18(20,21)14-5-4-6-15(13-14)26-10-8-25(9-11-26)7-2-1-3-12-27-17-24-23-16(22)28-17/h4-6,13H,1-3,7-12H2,(H2,22,23). The normalized spacial score (nSPS) is 15.9. The summed E-state index contributed by atoms with van der Waals surface area (Å²) in [7, 11) is 0. The minimum atomic E-state index is -4.29. The molecule has 1 aliphatic rings. The van der Waals surface area contributed by atoms with Gasteiger partial charge in [-0.05, 0) is 37.6 Å². The van der Waals surface area contributed by atoms with Crippen LogP contribution in [0.4, 0.5) is 24.0 Å². The number of hydrogen-bond acceptors (Lipinski definition) is 7. The van der Waals surface area contributed by atoms with Crippen molar-refractivity contribution in [2.75, 3.05) is 49.1 Å². The van der Waals surface area contributed by atoms with E-state index in [4.69, 9.17) is 5.73 Å². The van der Waals surface area contributed by atoms with Gasteiger partial charge in [-0.25, -0.2) is 0 Å². The third-order valence-electron chi connectivity index (χ3n) is 4.68. The number of nitrogens with zero attached hydrogens (tertiary/aromatic N) is 4. The number of piperazine rings is 1. The molecular formula is C18H24F3N5S2. The predicted molar refractivity (Wildman–Crippen MR) is 109 cm³/mol. The zero-order chi connectivity index (χ0) is 20.0. The van der Waals surface area contributed by atoms with Crippen LogP contribution in [0.15, 0.2) is 28.6 Å². The van der Waals surface area contributed by atoms with E-state index in [2.05, 4.69) is 15.1 Å². The Hall–Kier alpha value is -1.52. The second-order valence-corrected chi connectivity index (χ2v) is 9.04. The van der Waals surface area contributed by atoms with Crippen LogP contribution in [0.2, 0.25) is 0 Å². The summed E-state index contributed by atoms with van der Waals surface area (Å²) >= 11 is 3.11. The SMILES string of the molecule is Nc1nnc(SCCCCCN2CCN(c3cccc(C(F)(F)F)c3)CC2)s1. The van der Waals surface area contributed by atoms with Crippen LogP contribution in [0.1, 0.15) is 24.8 Å². The van der Waals surface area contributed by atoms with E-state index >= 15 is 0 Å². The molecule has 5 nitrogen and oxygen atoms in total. The third-order valence-corrected chi connectivity index (χ3v) is 6.65. The highest BCUT2D eigenvalue weighted by Crippen LogP contribution is 2.32. The number of rotatable bonds is 8. The average Bonchev–Trinajstić information content (AvgIpc) is 3.09. The number of hydrogen-bond donors (Lipinski definition) is 1. The molecule has 154 valence electrons. The summed E-state index contributed by atoms with van der Waals surface area (Å²) in [6.07, 6.45) is -0.898. The van der Waals surface area contributed by atoms with Gasteiger partial charge in [0.15, 0.2) is 4.34 Å². The van der Waals surface area contributed by atoms with Crippen LogP contribution in [-0.4, -0.2) is 53.6 Å². The average molecular weight is 432 g/mol. The summed E-state index contributed by atoms with van der Waals surface area (Å²) in [6, 6.07) is 5.61. The molecule has 0 unspecified atom stereocenters. The van der Waals surface area contributed by atoms with Crippen molar-refractivity contribution in [2.45, 2.75) is 29.8 Å². The number of halogens is 3. The van der Waals surface area contributed by atoms with Crippen LogP contribution >= 0.6 is 23.1 Å². The summed E-state index contributed by atoms with van der Waals surface area (Å²) in [4.78, 5) is 4.43. The first kappa shape index (κ1) is 21.2. The number of thioether (sulfide) groups is 1. The highest BCUT2D eigenvalue weighted by molar-refractivity contribution is 8.01. The molecule has 0 atom stereocenters. The number of anilines is 2. The quantitative estimate of drug-likeness (QED) is 0.499. The van der Waals surface area contributed by atoms with Gasteiger partial charge in [0, 0.05) is 37.6 Å². The molecule has 10 heteroatoms. The molecule has 3 rings (SSSR count). The van der Waals surface area contributed by atoms with Gasteiger partial charge in [-0.3, -0.25) is 4.90 Å². The molecule has 1 aromatic carbocycles. The largest absolute Gasteiger partial charge is 0.416 e. The third kappa shape index (κ3) is 6.25. The number of alkyl halides is 3. The predicted octanol–water partition coefficient (Wildman–Crippen LogP) is 4.22. The second-order valence-electron chi connectivity index (χ2n) is 6.69. The van der Waals surface area contributed by atoms with E-state index in [1.54, 1.807) is 17.8 Å². The van der Waals surface area contributed by atoms with Crippen LogP contribution < -0.4 is 10.6 Å². The van der Waals surface area contributed by atoms with Crippen LogP contribution in [0, 0.1) is 0 Å². The number of benzene rings is 1. The highest BCUT2D eigenvalue weighted by atomic mass is 32.2. The van der Waals surface area contributed by atoms with Crippen LogP contribution in [-0.2, 0) is 6.18 Å².